The summed E-state index contributed by atoms with van der Waals surface area (Å²) in [4.78, 5) is 17.9. The summed E-state index contributed by atoms with van der Waals surface area (Å²) in [5.74, 6) is 0.00437. The third-order valence-electron chi connectivity index (χ3n) is 4.25. The number of carbonyl (C=O) groups is 1. The van der Waals surface area contributed by atoms with Gasteiger partial charge in [-0.15, -0.1) is 23.7 Å². The molecule has 2 aromatic rings. The first-order chi connectivity index (χ1) is 11.0. The van der Waals surface area contributed by atoms with Crippen LogP contribution in [0, 0.1) is 20.8 Å². The van der Waals surface area contributed by atoms with Gasteiger partial charge in [-0.2, -0.15) is 0 Å². The van der Waals surface area contributed by atoms with E-state index in [1.54, 1.807) is 0 Å². The molecule has 1 aliphatic heterocycles. The van der Waals surface area contributed by atoms with Crippen LogP contribution in [0.1, 0.15) is 39.3 Å². The number of halogens is 1. The lowest BCUT2D eigenvalue weighted by Crippen LogP contribution is -2.45. The summed E-state index contributed by atoms with van der Waals surface area (Å²) in [5, 5.41) is 7.38. The number of carbonyl (C=O) groups excluding carboxylic acids is 1. The minimum absolute atomic E-state index is 0. The van der Waals surface area contributed by atoms with Crippen molar-refractivity contribution in [2.75, 3.05) is 13.1 Å². The predicted molar refractivity (Wildman–Crippen MR) is 102 cm³/mol. The lowest BCUT2D eigenvalue weighted by molar-refractivity contribution is 0.0934. The molecular weight excluding hydrogens is 342 g/mol. The Morgan fingerprint density at radius 1 is 1.33 bits per heavy atom. The molecule has 0 bridgehead atoms. The number of amides is 1. The van der Waals surface area contributed by atoms with Gasteiger partial charge in [0.05, 0.1) is 5.69 Å². The van der Waals surface area contributed by atoms with Gasteiger partial charge in [-0.3, -0.25) is 4.79 Å². The summed E-state index contributed by atoms with van der Waals surface area (Å²) in [6.07, 6.45) is 2.15. The van der Waals surface area contributed by atoms with Gasteiger partial charge in [0.15, 0.2) is 0 Å². The normalized spacial score (nSPS) is 17.2. The molecular formula is C18H24ClN3OS. The van der Waals surface area contributed by atoms with Crippen LogP contribution in [0.4, 0.5) is 0 Å². The van der Waals surface area contributed by atoms with Gasteiger partial charge < -0.3 is 10.6 Å². The van der Waals surface area contributed by atoms with Crippen LogP contribution in [-0.2, 0) is 0 Å². The average Bonchev–Trinajstić information content (AvgIpc) is 2.90. The zero-order chi connectivity index (χ0) is 16.4. The summed E-state index contributed by atoms with van der Waals surface area (Å²) in [5.41, 5.74) is 4.36. The first-order valence-corrected chi connectivity index (χ1v) is 8.93. The van der Waals surface area contributed by atoms with E-state index in [4.69, 9.17) is 0 Å². The molecule has 0 unspecified atom stereocenters. The maximum absolute atomic E-state index is 12.5. The molecule has 1 aromatic carbocycles. The van der Waals surface area contributed by atoms with Crippen LogP contribution in [0.3, 0.4) is 0 Å². The lowest BCUT2D eigenvalue weighted by Gasteiger charge is -2.23. The van der Waals surface area contributed by atoms with E-state index in [9.17, 15) is 4.79 Å². The summed E-state index contributed by atoms with van der Waals surface area (Å²) >= 11 is 1.49. The van der Waals surface area contributed by atoms with E-state index in [1.165, 1.54) is 22.5 Å². The van der Waals surface area contributed by atoms with Crippen LogP contribution in [0.15, 0.2) is 18.2 Å². The van der Waals surface area contributed by atoms with E-state index in [2.05, 4.69) is 47.7 Å². The Bertz CT molecular complexity index is 723. The van der Waals surface area contributed by atoms with Crippen molar-refractivity contribution in [3.8, 4) is 10.6 Å². The molecule has 0 saturated carbocycles. The number of benzene rings is 1. The Morgan fingerprint density at radius 3 is 2.79 bits per heavy atom. The van der Waals surface area contributed by atoms with E-state index in [0.29, 0.717) is 0 Å². The van der Waals surface area contributed by atoms with Crippen molar-refractivity contribution >= 4 is 29.7 Å². The van der Waals surface area contributed by atoms with Crippen molar-refractivity contribution < 1.29 is 4.79 Å². The Labute approximate surface area is 153 Å². The molecule has 6 heteroatoms. The molecule has 0 radical (unpaired) electrons. The third-order valence-corrected chi connectivity index (χ3v) is 5.44. The van der Waals surface area contributed by atoms with E-state index in [1.807, 2.05) is 6.92 Å². The van der Waals surface area contributed by atoms with Crippen molar-refractivity contribution in [2.45, 2.75) is 39.7 Å². The maximum Gasteiger partial charge on any atom is 0.263 e. The number of aromatic nitrogens is 1. The van der Waals surface area contributed by atoms with Crippen LogP contribution < -0.4 is 10.6 Å². The van der Waals surface area contributed by atoms with Gasteiger partial charge in [-0.05, 0) is 45.7 Å². The first kappa shape index (κ1) is 18.9. The molecule has 1 amide bonds. The smallest absolute Gasteiger partial charge is 0.263 e. The second kappa shape index (κ2) is 8.10. The van der Waals surface area contributed by atoms with Gasteiger partial charge >= 0.3 is 0 Å². The topological polar surface area (TPSA) is 54.0 Å². The Balaban J connectivity index is 0.00000208. The first-order valence-electron chi connectivity index (χ1n) is 8.11. The fourth-order valence-electron chi connectivity index (χ4n) is 3.00. The summed E-state index contributed by atoms with van der Waals surface area (Å²) in [6, 6.07) is 6.56. The Morgan fingerprint density at radius 2 is 2.12 bits per heavy atom. The van der Waals surface area contributed by atoms with Gasteiger partial charge in [-0.1, -0.05) is 23.8 Å². The van der Waals surface area contributed by atoms with Gasteiger partial charge in [0.2, 0.25) is 0 Å². The SMILES string of the molecule is Cc1ccc(-c2nc(C)c(C(=O)N[C@H]3CCCNC3)s2)c(C)c1.Cl. The van der Waals surface area contributed by atoms with Gasteiger partial charge in [0, 0.05) is 18.2 Å². The highest BCUT2D eigenvalue weighted by Crippen LogP contribution is 2.30. The molecule has 0 spiro atoms. The van der Waals surface area contributed by atoms with E-state index in [0.717, 1.165) is 47.1 Å². The quantitative estimate of drug-likeness (QED) is 0.873. The molecule has 1 atom stereocenters. The average molecular weight is 366 g/mol. The van der Waals surface area contributed by atoms with Crippen molar-refractivity contribution in [2.24, 2.45) is 0 Å². The second-order valence-corrected chi connectivity index (χ2v) is 7.27. The van der Waals surface area contributed by atoms with Gasteiger partial charge in [0.25, 0.3) is 5.91 Å². The zero-order valence-corrected chi connectivity index (χ0v) is 15.9. The van der Waals surface area contributed by atoms with Crippen LogP contribution in [0.5, 0.6) is 0 Å². The molecule has 24 heavy (non-hydrogen) atoms. The number of hydrogen-bond donors (Lipinski definition) is 2. The van der Waals surface area contributed by atoms with Crippen molar-refractivity contribution in [3.63, 3.8) is 0 Å². The van der Waals surface area contributed by atoms with Gasteiger partial charge in [0.1, 0.15) is 9.88 Å². The minimum Gasteiger partial charge on any atom is -0.347 e. The van der Waals surface area contributed by atoms with Crippen molar-refractivity contribution in [1.29, 1.82) is 0 Å². The summed E-state index contributed by atoms with van der Waals surface area (Å²) in [6.45, 7) is 7.99. The Kier molecular flexibility index (Phi) is 6.38. The molecule has 130 valence electrons. The van der Waals surface area contributed by atoms with Crippen LogP contribution in [-0.4, -0.2) is 30.0 Å². The predicted octanol–water partition coefficient (Wildman–Crippen LogP) is 3.64. The number of nitrogens with zero attached hydrogens (tertiary/aromatic N) is 1. The van der Waals surface area contributed by atoms with Crippen LogP contribution >= 0.6 is 23.7 Å². The number of thiazole rings is 1. The largest absolute Gasteiger partial charge is 0.347 e. The van der Waals surface area contributed by atoms with Crippen LogP contribution in [0.2, 0.25) is 0 Å². The van der Waals surface area contributed by atoms with E-state index < -0.39 is 0 Å². The number of aryl methyl sites for hydroxylation is 3. The molecule has 2 heterocycles. The maximum atomic E-state index is 12.5. The molecule has 0 aliphatic carbocycles. The molecule has 1 saturated heterocycles. The fourth-order valence-corrected chi connectivity index (χ4v) is 4.06. The highest BCUT2D eigenvalue weighted by atomic mass is 35.5. The fraction of sp³-hybridized carbons (Fsp3) is 0.444. The van der Waals surface area contributed by atoms with Gasteiger partial charge in [-0.25, -0.2) is 4.98 Å². The van der Waals surface area contributed by atoms with E-state index >= 15 is 0 Å². The van der Waals surface area contributed by atoms with E-state index in [-0.39, 0.29) is 24.4 Å². The Hall–Kier alpha value is -1.43. The highest BCUT2D eigenvalue weighted by molar-refractivity contribution is 7.17. The molecule has 1 aliphatic rings. The minimum atomic E-state index is 0. The van der Waals surface area contributed by atoms with Crippen molar-refractivity contribution in [3.05, 3.63) is 39.9 Å². The highest BCUT2D eigenvalue weighted by Gasteiger charge is 2.21. The molecule has 3 rings (SSSR count). The number of hydrogen-bond acceptors (Lipinski definition) is 4. The molecule has 2 N–H and O–H groups in total. The second-order valence-electron chi connectivity index (χ2n) is 6.27. The summed E-state index contributed by atoms with van der Waals surface area (Å²) < 4.78 is 0. The number of nitrogens with one attached hydrogen (secondary N) is 2. The molecule has 4 nitrogen and oxygen atoms in total. The lowest BCUT2D eigenvalue weighted by atomic mass is 10.1. The zero-order valence-electron chi connectivity index (χ0n) is 14.3. The third kappa shape index (κ3) is 4.15. The standard InChI is InChI=1S/C18H23N3OS.ClH/c1-11-6-7-15(12(2)9-11)18-20-13(3)16(23-18)17(22)21-14-5-4-8-19-10-14;/h6-7,9,14,19H,4-5,8,10H2,1-3H3,(H,21,22);1H/t14-;/m0./s1. The number of piperidine rings is 1. The summed E-state index contributed by atoms with van der Waals surface area (Å²) in [7, 11) is 0. The number of rotatable bonds is 3. The monoisotopic (exact) mass is 365 g/mol. The van der Waals surface area contributed by atoms with Crippen LogP contribution in [0.25, 0.3) is 10.6 Å². The van der Waals surface area contributed by atoms with Crippen molar-refractivity contribution in [1.82, 2.24) is 15.6 Å². The molecule has 1 aromatic heterocycles. The molecule has 1 fully saturated rings.